The van der Waals surface area contributed by atoms with Crippen molar-refractivity contribution in [3.05, 3.63) is 12.1 Å². The van der Waals surface area contributed by atoms with Crippen LogP contribution in [-0.2, 0) is 19.2 Å². The van der Waals surface area contributed by atoms with E-state index >= 15 is 0 Å². The van der Waals surface area contributed by atoms with E-state index in [1.54, 1.807) is 24.8 Å². The molecule has 0 aliphatic heterocycles. The van der Waals surface area contributed by atoms with Gasteiger partial charge in [0.1, 0.15) is 13.2 Å². The minimum Gasteiger partial charge on any atom is -0.488 e. The van der Waals surface area contributed by atoms with E-state index in [-0.39, 0.29) is 29.6 Å². The van der Waals surface area contributed by atoms with Crippen LogP contribution in [0.4, 0.5) is 0 Å². The SMILES string of the molecule is CC(N)COc1cc2nc(S(=O)(=O)NOP(C)(=O)O)sc2cc1OCC(C)N. The molecule has 0 bridgehead atoms. The van der Waals surface area contributed by atoms with Crippen molar-refractivity contribution in [2.75, 3.05) is 19.9 Å². The number of benzene rings is 1. The summed E-state index contributed by atoms with van der Waals surface area (Å²) >= 11 is 0.832. The minimum absolute atomic E-state index is 0.215. The molecule has 158 valence electrons. The molecule has 0 spiro atoms. The summed E-state index contributed by atoms with van der Waals surface area (Å²) in [6, 6.07) is 2.66. The minimum atomic E-state index is -4.25. The van der Waals surface area contributed by atoms with Gasteiger partial charge in [-0.2, -0.15) is 0 Å². The second-order valence-electron chi connectivity index (χ2n) is 6.30. The number of hydrogen-bond acceptors (Lipinski definition) is 10. The van der Waals surface area contributed by atoms with E-state index in [0.29, 0.717) is 21.7 Å². The Labute approximate surface area is 166 Å². The van der Waals surface area contributed by atoms with Crippen LogP contribution in [0.2, 0.25) is 0 Å². The molecule has 0 aliphatic rings. The van der Waals surface area contributed by atoms with Crippen molar-refractivity contribution in [1.82, 2.24) is 9.87 Å². The number of nitrogens with one attached hydrogen (secondary N) is 1. The van der Waals surface area contributed by atoms with E-state index in [0.717, 1.165) is 18.0 Å². The van der Waals surface area contributed by atoms with Crippen LogP contribution < -0.4 is 25.8 Å². The first-order chi connectivity index (χ1) is 12.9. The Balaban J connectivity index is 2.38. The smallest absolute Gasteiger partial charge is 0.342 e. The lowest BCUT2D eigenvalue weighted by molar-refractivity contribution is 0.228. The van der Waals surface area contributed by atoms with Crippen molar-refractivity contribution >= 4 is 39.2 Å². The van der Waals surface area contributed by atoms with Crippen molar-refractivity contribution in [2.45, 2.75) is 30.3 Å². The van der Waals surface area contributed by atoms with E-state index in [1.807, 2.05) is 0 Å². The molecular weight excluding hydrogens is 431 g/mol. The molecule has 0 amide bonds. The van der Waals surface area contributed by atoms with Gasteiger partial charge in [0.25, 0.3) is 10.0 Å². The second kappa shape index (κ2) is 9.01. The van der Waals surface area contributed by atoms with Crippen molar-refractivity contribution in [2.24, 2.45) is 11.5 Å². The van der Waals surface area contributed by atoms with Gasteiger partial charge in [0, 0.05) is 30.9 Å². The molecule has 0 radical (unpaired) electrons. The third kappa shape index (κ3) is 6.64. The molecule has 1 aromatic heterocycles. The fraction of sp³-hybridized carbons (Fsp3) is 0.500. The van der Waals surface area contributed by atoms with Crippen molar-refractivity contribution in [1.29, 1.82) is 0 Å². The topological polar surface area (TPSA) is 176 Å². The summed E-state index contributed by atoms with van der Waals surface area (Å²) in [6.45, 7) is 4.83. The summed E-state index contributed by atoms with van der Waals surface area (Å²) in [5, 5.41) is 0. The monoisotopic (exact) mass is 454 g/mol. The molecular formula is C14H23N4O7PS2. The van der Waals surface area contributed by atoms with Crippen LogP contribution in [0, 0.1) is 0 Å². The maximum absolute atomic E-state index is 12.2. The standard InChI is InChI=1S/C14H23N4O7PS2/c1-8(15)6-23-11-4-10-13(5-12(11)24-7-9(2)16)27-14(17-10)28(21,22)18-25-26(3,19)20/h4-5,8-9,18H,6-7,15-16H2,1-3H3,(H,19,20). The van der Waals surface area contributed by atoms with Gasteiger partial charge in [-0.25, -0.2) is 18.0 Å². The Hall–Kier alpha value is -1.31. The number of hydrogen-bond donors (Lipinski definition) is 4. The molecule has 0 saturated heterocycles. The molecule has 2 rings (SSSR count). The first-order valence-electron chi connectivity index (χ1n) is 8.09. The number of sulfonamides is 1. The van der Waals surface area contributed by atoms with Gasteiger partial charge in [-0.3, -0.25) is 4.57 Å². The summed E-state index contributed by atoms with van der Waals surface area (Å²) in [5.41, 5.74) is 11.8. The maximum Gasteiger partial charge on any atom is 0.342 e. The predicted molar refractivity (Wildman–Crippen MR) is 105 cm³/mol. The molecule has 0 fully saturated rings. The maximum atomic E-state index is 12.2. The summed E-state index contributed by atoms with van der Waals surface area (Å²) in [5.74, 6) is 0.716. The van der Waals surface area contributed by atoms with Crippen LogP contribution >= 0.6 is 18.9 Å². The van der Waals surface area contributed by atoms with Gasteiger partial charge in [-0.05, 0) is 13.8 Å². The van der Waals surface area contributed by atoms with Gasteiger partial charge < -0.3 is 25.8 Å². The Bertz CT molecular complexity index is 922. The zero-order valence-corrected chi connectivity index (χ0v) is 18.0. The third-order valence-corrected chi connectivity index (χ3v) is 6.11. The molecule has 0 aliphatic carbocycles. The molecule has 6 N–H and O–H groups in total. The van der Waals surface area contributed by atoms with Crippen LogP contribution in [-0.4, -0.2) is 50.3 Å². The van der Waals surface area contributed by atoms with Gasteiger partial charge in [0.2, 0.25) is 4.34 Å². The fourth-order valence-corrected chi connectivity index (χ4v) is 4.60. The van der Waals surface area contributed by atoms with E-state index in [4.69, 9.17) is 25.8 Å². The van der Waals surface area contributed by atoms with Gasteiger partial charge in [0.05, 0.1) is 10.2 Å². The number of fused-ring (bicyclic) bond motifs is 1. The molecule has 3 atom stereocenters. The van der Waals surface area contributed by atoms with Crippen LogP contribution in [0.5, 0.6) is 11.5 Å². The van der Waals surface area contributed by atoms with Crippen molar-refractivity contribution in [3.63, 3.8) is 0 Å². The highest BCUT2D eigenvalue weighted by Gasteiger charge is 2.24. The summed E-state index contributed by atoms with van der Waals surface area (Å²) in [6.07, 6.45) is 0. The van der Waals surface area contributed by atoms with Crippen LogP contribution in [0.25, 0.3) is 10.2 Å². The van der Waals surface area contributed by atoms with E-state index in [9.17, 15) is 13.0 Å². The highest BCUT2D eigenvalue weighted by molar-refractivity contribution is 7.91. The van der Waals surface area contributed by atoms with Gasteiger partial charge in [0.15, 0.2) is 11.5 Å². The number of nitrogens with two attached hydrogens (primary N) is 2. The average Bonchev–Trinajstić information content (AvgIpc) is 2.99. The number of rotatable bonds is 10. The average molecular weight is 454 g/mol. The lowest BCUT2D eigenvalue weighted by Crippen LogP contribution is -2.25. The van der Waals surface area contributed by atoms with Gasteiger partial charge >= 0.3 is 7.60 Å². The highest BCUT2D eigenvalue weighted by Crippen LogP contribution is 2.38. The Morgan fingerprint density at radius 3 is 2.25 bits per heavy atom. The normalized spacial score (nSPS) is 16.5. The van der Waals surface area contributed by atoms with E-state index in [2.05, 4.69) is 9.61 Å². The second-order valence-corrected chi connectivity index (χ2v) is 10.9. The molecule has 2 aromatic rings. The third-order valence-electron chi connectivity index (χ3n) is 2.98. The lowest BCUT2D eigenvalue weighted by atomic mass is 10.3. The summed E-state index contributed by atoms with van der Waals surface area (Å²) in [7, 11) is -8.30. The zero-order chi connectivity index (χ0) is 21.1. The Morgan fingerprint density at radius 2 is 1.75 bits per heavy atom. The van der Waals surface area contributed by atoms with E-state index in [1.165, 1.54) is 6.07 Å². The summed E-state index contributed by atoms with van der Waals surface area (Å²) < 4.78 is 51.3. The molecule has 11 nitrogen and oxygen atoms in total. The molecule has 0 saturated carbocycles. The number of ether oxygens (including phenoxy) is 2. The zero-order valence-electron chi connectivity index (χ0n) is 15.5. The number of thiazole rings is 1. The molecule has 1 aromatic carbocycles. The van der Waals surface area contributed by atoms with Crippen LogP contribution in [0.15, 0.2) is 16.5 Å². The lowest BCUT2D eigenvalue weighted by Gasteiger charge is -2.15. The highest BCUT2D eigenvalue weighted by atomic mass is 32.2. The quantitative estimate of drug-likeness (QED) is 0.296. The number of nitrogens with zero attached hydrogens (tertiary/aromatic N) is 1. The largest absolute Gasteiger partial charge is 0.488 e. The van der Waals surface area contributed by atoms with E-state index < -0.39 is 17.6 Å². The molecule has 14 heteroatoms. The van der Waals surface area contributed by atoms with Gasteiger partial charge in [-0.1, -0.05) is 4.89 Å². The molecule has 3 unspecified atom stereocenters. The summed E-state index contributed by atoms with van der Waals surface area (Å²) in [4.78, 5) is 14.7. The molecule has 1 heterocycles. The van der Waals surface area contributed by atoms with Gasteiger partial charge in [-0.15, -0.1) is 11.3 Å². The Morgan fingerprint density at radius 1 is 1.21 bits per heavy atom. The number of aromatic nitrogens is 1. The first kappa shape index (κ1) is 23.0. The van der Waals surface area contributed by atoms with Crippen molar-refractivity contribution < 1.29 is 32.0 Å². The fourth-order valence-electron chi connectivity index (χ4n) is 1.85. The van der Waals surface area contributed by atoms with Crippen LogP contribution in [0.1, 0.15) is 13.8 Å². The van der Waals surface area contributed by atoms with Crippen molar-refractivity contribution in [3.8, 4) is 11.5 Å². The Kier molecular flexibility index (Phi) is 7.39. The van der Waals surface area contributed by atoms with Crippen LogP contribution in [0.3, 0.4) is 0 Å². The predicted octanol–water partition coefficient (Wildman–Crippen LogP) is 0.773. The first-order valence-corrected chi connectivity index (χ1v) is 12.4. The molecule has 28 heavy (non-hydrogen) atoms.